The highest BCUT2D eigenvalue weighted by atomic mass is 16.5. The summed E-state index contributed by atoms with van der Waals surface area (Å²) in [5, 5.41) is 6.96. The summed E-state index contributed by atoms with van der Waals surface area (Å²) in [4.78, 5) is 41.2. The Kier molecular flexibility index (Phi) is 10.5. The molecule has 10 nitrogen and oxygen atoms in total. The number of amides is 2. The molecule has 0 aliphatic carbocycles. The summed E-state index contributed by atoms with van der Waals surface area (Å²) < 4.78 is 12.7. The highest BCUT2D eigenvalue weighted by molar-refractivity contribution is 6.08. The van der Waals surface area contributed by atoms with Crippen LogP contribution >= 0.6 is 0 Å². The molecule has 2 aliphatic heterocycles. The molecule has 3 rings (SSSR count). The lowest BCUT2D eigenvalue weighted by molar-refractivity contribution is -0.116. The van der Waals surface area contributed by atoms with Crippen molar-refractivity contribution in [2.45, 2.75) is 51.1 Å². The quantitative estimate of drug-likeness (QED) is 0.187. The second-order valence-corrected chi connectivity index (χ2v) is 9.13. The number of primary amides is 1. The third-order valence-electron chi connectivity index (χ3n) is 6.07. The minimum atomic E-state index is -0.731. The second kappa shape index (κ2) is 14.0. The number of nitrogens with zero attached hydrogens (tertiary/aromatic N) is 3. The van der Waals surface area contributed by atoms with Crippen LogP contribution in [0.3, 0.4) is 0 Å². The van der Waals surface area contributed by atoms with Crippen LogP contribution in [0.4, 0.5) is 5.69 Å². The first-order chi connectivity index (χ1) is 18.3. The van der Waals surface area contributed by atoms with Crippen LogP contribution in [0.25, 0.3) is 0 Å². The Morgan fingerprint density at radius 1 is 1.32 bits per heavy atom. The van der Waals surface area contributed by atoms with Crippen molar-refractivity contribution in [2.75, 3.05) is 25.1 Å². The molecule has 1 fully saturated rings. The molecule has 1 aromatic rings. The van der Waals surface area contributed by atoms with Gasteiger partial charge in [-0.25, -0.2) is 4.99 Å². The van der Waals surface area contributed by atoms with Gasteiger partial charge in [-0.05, 0) is 45.1 Å². The molecule has 1 aromatic heterocycles. The molecule has 0 spiro atoms. The van der Waals surface area contributed by atoms with Gasteiger partial charge in [-0.3, -0.25) is 19.1 Å². The number of aliphatic imine (C=N–C) groups is 1. The average molecular weight is 522 g/mol. The Bertz CT molecular complexity index is 1180. The van der Waals surface area contributed by atoms with Gasteiger partial charge in [0.2, 0.25) is 5.90 Å². The van der Waals surface area contributed by atoms with Crippen molar-refractivity contribution in [2.24, 2.45) is 10.7 Å². The lowest BCUT2D eigenvalue weighted by Crippen LogP contribution is -2.23. The standard InChI is InChI=1S/C28H35N5O5/c1-4-5-6-14-38-25-11-10-24(34)22(30-25)17-19(2)8-7-9-20(3)28(36)31-23-18-33(32-26(23)27(29)35)21-12-15-37-16-13-21/h4,7-11,18,21-22H,1,3,5-6,12-17H2,2H3,(H2,29,35)(H,31,36)/b9-7-,19-8+. The summed E-state index contributed by atoms with van der Waals surface area (Å²) in [6.07, 6.45) is 15.1. The molecule has 38 heavy (non-hydrogen) atoms. The van der Waals surface area contributed by atoms with Crippen LogP contribution in [-0.2, 0) is 19.1 Å². The number of unbranched alkanes of at least 4 members (excludes halogenated alkanes) is 1. The number of carbonyl (C=O) groups excluding carboxylic acids is 3. The van der Waals surface area contributed by atoms with E-state index in [0.717, 1.165) is 31.3 Å². The molecular formula is C28H35N5O5. The number of carbonyl (C=O) groups is 3. The van der Waals surface area contributed by atoms with E-state index in [1.165, 1.54) is 6.08 Å². The van der Waals surface area contributed by atoms with Crippen molar-refractivity contribution < 1.29 is 23.9 Å². The Balaban J connectivity index is 1.56. The molecule has 10 heteroatoms. The fraction of sp³-hybridized carbons (Fsp3) is 0.393. The molecule has 202 valence electrons. The topological polar surface area (TPSA) is 138 Å². The van der Waals surface area contributed by atoms with Crippen molar-refractivity contribution in [3.8, 4) is 0 Å². The number of allylic oxidation sites excluding steroid dienone is 3. The monoisotopic (exact) mass is 521 g/mol. The van der Waals surface area contributed by atoms with Crippen molar-refractivity contribution in [3.05, 3.63) is 72.7 Å². The van der Waals surface area contributed by atoms with Crippen LogP contribution in [0.5, 0.6) is 0 Å². The number of anilines is 1. The molecule has 0 saturated carbocycles. The summed E-state index contributed by atoms with van der Waals surface area (Å²) >= 11 is 0. The molecule has 1 atom stereocenters. The van der Waals surface area contributed by atoms with Gasteiger partial charge >= 0.3 is 0 Å². The highest BCUT2D eigenvalue weighted by Gasteiger charge is 2.23. The minimum Gasteiger partial charge on any atom is -0.478 e. The van der Waals surface area contributed by atoms with Crippen molar-refractivity contribution in [1.29, 1.82) is 0 Å². The molecule has 2 amide bonds. The largest absolute Gasteiger partial charge is 0.478 e. The predicted octanol–water partition coefficient (Wildman–Crippen LogP) is 3.61. The van der Waals surface area contributed by atoms with Gasteiger partial charge in [0.05, 0.1) is 18.3 Å². The first-order valence-electron chi connectivity index (χ1n) is 12.6. The van der Waals surface area contributed by atoms with Gasteiger partial charge in [-0.15, -0.1) is 6.58 Å². The number of ether oxygens (including phenoxy) is 2. The van der Waals surface area contributed by atoms with E-state index in [1.54, 1.807) is 35.2 Å². The van der Waals surface area contributed by atoms with Gasteiger partial charge < -0.3 is 20.5 Å². The lowest BCUT2D eigenvalue weighted by Gasteiger charge is -2.22. The minimum absolute atomic E-state index is 0.00632. The third-order valence-corrected chi connectivity index (χ3v) is 6.07. The number of hydrogen-bond donors (Lipinski definition) is 2. The summed E-state index contributed by atoms with van der Waals surface area (Å²) in [5.41, 5.74) is 6.77. The van der Waals surface area contributed by atoms with E-state index in [-0.39, 0.29) is 28.8 Å². The Morgan fingerprint density at radius 2 is 2.08 bits per heavy atom. The van der Waals surface area contributed by atoms with E-state index in [1.807, 2.05) is 13.0 Å². The van der Waals surface area contributed by atoms with Crippen LogP contribution < -0.4 is 11.1 Å². The maximum atomic E-state index is 12.7. The fourth-order valence-corrected chi connectivity index (χ4v) is 3.94. The van der Waals surface area contributed by atoms with Crippen LogP contribution in [0.1, 0.15) is 55.6 Å². The summed E-state index contributed by atoms with van der Waals surface area (Å²) in [7, 11) is 0. The maximum Gasteiger partial charge on any atom is 0.271 e. The summed E-state index contributed by atoms with van der Waals surface area (Å²) in [6.45, 7) is 11.1. The highest BCUT2D eigenvalue weighted by Crippen LogP contribution is 2.24. The first kappa shape index (κ1) is 28.5. The van der Waals surface area contributed by atoms with Crippen molar-refractivity contribution in [3.63, 3.8) is 0 Å². The zero-order valence-corrected chi connectivity index (χ0v) is 21.7. The van der Waals surface area contributed by atoms with Crippen molar-refractivity contribution >= 4 is 29.2 Å². The number of dihydropyridines is 1. The SMILES string of the molecule is C=CCCCOC1=NC(C/C(C)=C/C=C\C(=C)C(=O)Nc2cn(C3CCOCC3)nc2C(N)=O)C(=O)C=C1. The van der Waals surface area contributed by atoms with Gasteiger partial charge in [0, 0.05) is 31.1 Å². The first-order valence-corrected chi connectivity index (χ1v) is 12.6. The lowest BCUT2D eigenvalue weighted by atomic mass is 10.0. The number of nitrogens with two attached hydrogens (primary N) is 1. The van der Waals surface area contributed by atoms with E-state index in [2.05, 4.69) is 28.6 Å². The van der Waals surface area contributed by atoms with E-state index in [0.29, 0.717) is 32.1 Å². The van der Waals surface area contributed by atoms with Crippen LogP contribution in [0.15, 0.2) is 71.9 Å². The smallest absolute Gasteiger partial charge is 0.271 e. The molecule has 0 bridgehead atoms. The van der Waals surface area contributed by atoms with Gasteiger partial charge in [0.1, 0.15) is 6.04 Å². The molecule has 2 aliphatic rings. The number of aromatic nitrogens is 2. The number of nitrogens with one attached hydrogen (secondary N) is 1. The van der Waals surface area contributed by atoms with Crippen molar-refractivity contribution in [1.82, 2.24) is 9.78 Å². The molecule has 3 heterocycles. The van der Waals surface area contributed by atoms with Gasteiger partial charge in [-0.2, -0.15) is 5.10 Å². The molecule has 1 saturated heterocycles. The number of rotatable bonds is 12. The average Bonchev–Trinajstić information content (AvgIpc) is 3.33. The van der Waals surface area contributed by atoms with Gasteiger partial charge in [0.15, 0.2) is 11.5 Å². The molecule has 1 unspecified atom stereocenters. The summed E-state index contributed by atoms with van der Waals surface area (Å²) in [6, 6.07) is -0.482. The van der Waals surface area contributed by atoms with Gasteiger partial charge in [0.25, 0.3) is 11.8 Å². The van der Waals surface area contributed by atoms with Crippen LogP contribution in [-0.4, -0.2) is 59.1 Å². The van der Waals surface area contributed by atoms with Crippen LogP contribution in [0, 0.1) is 0 Å². The van der Waals surface area contributed by atoms with E-state index >= 15 is 0 Å². The Labute approximate surface area is 222 Å². The molecule has 3 N–H and O–H groups in total. The molecule has 0 radical (unpaired) electrons. The van der Waals surface area contributed by atoms with E-state index in [9.17, 15) is 14.4 Å². The zero-order chi connectivity index (χ0) is 27.5. The Hall–Kier alpha value is -4.05. The van der Waals surface area contributed by atoms with E-state index < -0.39 is 17.9 Å². The normalized spacial score (nSPS) is 18.3. The molecule has 0 aromatic carbocycles. The Morgan fingerprint density at radius 3 is 2.79 bits per heavy atom. The van der Waals surface area contributed by atoms with Crippen LogP contribution in [0.2, 0.25) is 0 Å². The number of ketones is 1. The fourth-order valence-electron chi connectivity index (χ4n) is 3.94. The number of hydrogen-bond acceptors (Lipinski definition) is 7. The predicted molar refractivity (Wildman–Crippen MR) is 146 cm³/mol. The third kappa shape index (κ3) is 8.24. The second-order valence-electron chi connectivity index (χ2n) is 9.13. The zero-order valence-electron chi connectivity index (χ0n) is 21.7. The maximum absolute atomic E-state index is 12.7. The van der Waals surface area contributed by atoms with E-state index in [4.69, 9.17) is 15.2 Å². The molecular weight excluding hydrogens is 486 g/mol. The summed E-state index contributed by atoms with van der Waals surface area (Å²) in [5.74, 6) is -0.860. The van der Waals surface area contributed by atoms with Gasteiger partial charge in [-0.1, -0.05) is 36.5 Å².